The number of benzene rings is 1. The van der Waals surface area contributed by atoms with Gasteiger partial charge in [-0.25, -0.2) is 4.39 Å². The number of fused-ring (bicyclic) bond motifs is 1. The highest BCUT2D eigenvalue weighted by atomic mass is 19.1. The smallest absolute Gasteiger partial charge is 0.326 e. The van der Waals surface area contributed by atoms with E-state index in [9.17, 15) is 0 Å². The van der Waals surface area contributed by atoms with E-state index in [1.54, 1.807) is 30.6 Å². The molecule has 3 N–H and O–H groups in total. The predicted molar refractivity (Wildman–Crippen MR) is 150 cm³/mol. The third-order valence-electron chi connectivity index (χ3n) is 6.56. The minimum Gasteiger partial charge on any atom is -0.421 e. The van der Waals surface area contributed by atoms with Crippen LogP contribution in [0.3, 0.4) is 0 Å². The van der Waals surface area contributed by atoms with Crippen LogP contribution in [-0.2, 0) is 0 Å². The lowest BCUT2D eigenvalue weighted by atomic mass is 10.2. The third kappa shape index (κ3) is 5.24. The van der Waals surface area contributed by atoms with Crippen LogP contribution in [0.1, 0.15) is 18.3 Å². The Labute approximate surface area is 224 Å². The van der Waals surface area contributed by atoms with Gasteiger partial charge in [-0.3, -0.25) is 10.1 Å². The lowest BCUT2D eigenvalue weighted by Gasteiger charge is -2.36. The van der Waals surface area contributed by atoms with E-state index in [0.717, 1.165) is 43.3 Å². The molecule has 1 saturated heterocycles. The van der Waals surface area contributed by atoms with Gasteiger partial charge >= 0.3 is 6.01 Å². The number of nitrogens with zero attached hydrogens (tertiary/aromatic N) is 6. The molecule has 5 aromatic rings. The van der Waals surface area contributed by atoms with E-state index in [1.165, 1.54) is 0 Å². The van der Waals surface area contributed by atoms with Gasteiger partial charge in [-0.2, -0.15) is 15.1 Å². The van der Waals surface area contributed by atoms with Crippen molar-refractivity contribution in [3.8, 4) is 11.8 Å². The van der Waals surface area contributed by atoms with Crippen LogP contribution in [0.4, 0.5) is 27.5 Å². The van der Waals surface area contributed by atoms with E-state index in [1.807, 2.05) is 50.3 Å². The van der Waals surface area contributed by atoms with Crippen molar-refractivity contribution in [3.63, 3.8) is 0 Å². The largest absolute Gasteiger partial charge is 0.421 e. The Morgan fingerprint density at radius 2 is 1.77 bits per heavy atom. The van der Waals surface area contributed by atoms with Gasteiger partial charge in [0.15, 0.2) is 17.4 Å². The van der Waals surface area contributed by atoms with Gasteiger partial charge in [0.25, 0.3) is 0 Å². The average Bonchev–Trinajstić information content (AvgIpc) is 3.57. The Morgan fingerprint density at radius 1 is 0.974 bits per heavy atom. The molecule has 1 aliphatic heterocycles. The Morgan fingerprint density at radius 3 is 2.56 bits per heavy atom. The van der Waals surface area contributed by atoms with Crippen LogP contribution in [0.5, 0.6) is 11.8 Å². The van der Waals surface area contributed by atoms with Crippen molar-refractivity contribution in [2.24, 2.45) is 0 Å². The number of piperazine rings is 1. The van der Waals surface area contributed by atoms with E-state index in [2.05, 4.69) is 45.2 Å². The van der Waals surface area contributed by atoms with Gasteiger partial charge in [0, 0.05) is 73.0 Å². The van der Waals surface area contributed by atoms with Crippen LogP contribution in [0.25, 0.3) is 17.0 Å². The molecule has 0 saturated carbocycles. The number of H-pyrrole nitrogens is 2. The zero-order valence-electron chi connectivity index (χ0n) is 21.6. The van der Waals surface area contributed by atoms with Crippen LogP contribution >= 0.6 is 0 Å². The molecule has 0 radical (unpaired) electrons. The van der Waals surface area contributed by atoms with E-state index in [-0.39, 0.29) is 11.8 Å². The fraction of sp³-hybridized carbons (Fsp3) is 0.214. The normalized spacial score (nSPS) is 13.9. The first-order chi connectivity index (χ1) is 19.1. The molecule has 1 fully saturated rings. The summed E-state index contributed by atoms with van der Waals surface area (Å²) in [6.45, 7) is 6.95. The highest BCUT2D eigenvalue weighted by Crippen LogP contribution is 2.31. The Kier molecular flexibility index (Phi) is 6.54. The molecular weight excluding hydrogens is 497 g/mol. The summed E-state index contributed by atoms with van der Waals surface area (Å²) < 4.78 is 21.2. The maximum absolute atomic E-state index is 15.3. The molecule has 5 heterocycles. The summed E-state index contributed by atoms with van der Waals surface area (Å²) >= 11 is 0. The minimum absolute atomic E-state index is 0.0429. The monoisotopic (exact) mass is 525 g/mol. The molecule has 198 valence electrons. The highest BCUT2D eigenvalue weighted by molar-refractivity contribution is 5.82. The van der Waals surface area contributed by atoms with Crippen LogP contribution in [0, 0.1) is 12.7 Å². The van der Waals surface area contributed by atoms with Crippen molar-refractivity contribution in [3.05, 3.63) is 78.1 Å². The van der Waals surface area contributed by atoms with Gasteiger partial charge in [-0.1, -0.05) is 6.08 Å². The summed E-state index contributed by atoms with van der Waals surface area (Å²) in [4.78, 5) is 20.9. The number of anilines is 4. The van der Waals surface area contributed by atoms with Crippen LogP contribution < -0.4 is 19.9 Å². The molecule has 39 heavy (non-hydrogen) atoms. The maximum atomic E-state index is 15.3. The summed E-state index contributed by atoms with van der Waals surface area (Å²) in [6, 6.07) is 12.9. The molecule has 1 aliphatic rings. The zero-order chi connectivity index (χ0) is 26.8. The van der Waals surface area contributed by atoms with E-state index < -0.39 is 5.82 Å². The van der Waals surface area contributed by atoms with Crippen LogP contribution in [0.2, 0.25) is 0 Å². The predicted octanol–water partition coefficient (Wildman–Crippen LogP) is 5.42. The lowest BCUT2D eigenvalue weighted by molar-refractivity contribution is 0.414. The van der Waals surface area contributed by atoms with Crippen molar-refractivity contribution in [2.75, 3.05) is 41.3 Å². The van der Waals surface area contributed by atoms with Crippen molar-refractivity contribution in [1.29, 1.82) is 0 Å². The van der Waals surface area contributed by atoms with Gasteiger partial charge in [-0.05, 0) is 50.3 Å². The molecule has 0 unspecified atom stereocenters. The molecule has 10 nitrogen and oxygen atoms in total. The lowest BCUT2D eigenvalue weighted by Crippen LogP contribution is -2.46. The first-order valence-electron chi connectivity index (χ1n) is 12.8. The number of hydrogen-bond acceptors (Lipinski definition) is 8. The van der Waals surface area contributed by atoms with Crippen LogP contribution in [0.15, 0.2) is 60.9 Å². The summed E-state index contributed by atoms with van der Waals surface area (Å²) in [5.41, 5.74) is 3.57. The summed E-state index contributed by atoms with van der Waals surface area (Å²) in [6.07, 6.45) is 7.45. The topological polar surface area (TPSA) is 111 Å². The number of halogens is 1. The molecule has 1 aromatic carbocycles. The molecular formula is C28H28FN9O. The minimum atomic E-state index is -0.463. The van der Waals surface area contributed by atoms with Gasteiger partial charge in [0.2, 0.25) is 0 Å². The Hall–Kier alpha value is -4.93. The zero-order valence-corrected chi connectivity index (χ0v) is 21.6. The molecule has 0 amide bonds. The fourth-order valence-corrected chi connectivity index (χ4v) is 4.70. The molecule has 0 bridgehead atoms. The summed E-state index contributed by atoms with van der Waals surface area (Å²) in [7, 11) is 0. The quantitative estimate of drug-likeness (QED) is 0.258. The molecule has 4 aromatic heterocycles. The van der Waals surface area contributed by atoms with Gasteiger partial charge in [0.05, 0.1) is 5.69 Å². The number of ether oxygens (including phenoxy) is 1. The Balaban J connectivity index is 1.29. The number of hydrogen-bond donors (Lipinski definition) is 3. The van der Waals surface area contributed by atoms with E-state index in [4.69, 9.17) is 4.74 Å². The summed E-state index contributed by atoms with van der Waals surface area (Å²) in [5.74, 6) is 1.36. The number of rotatable bonds is 7. The number of aromatic amines is 2. The molecule has 0 spiro atoms. The van der Waals surface area contributed by atoms with Crippen molar-refractivity contribution in [1.82, 2.24) is 30.1 Å². The third-order valence-corrected chi connectivity index (χ3v) is 6.56. The average molecular weight is 526 g/mol. The first kappa shape index (κ1) is 24.4. The van der Waals surface area contributed by atoms with Crippen molar-refractivity contribution in [2.45, 2.75) is 13.8 Å². The maximum Gasteiger partial charge on any atom is 0.326 e. The summed E-state index contributed by atoms with van der Waals surface area (Å²) in [5, 5.41) is 10.9. The van der Waals surface area contributed by atoms with E-state index >= 15 is 4.39 Å². The molecule has 0 atom stereocenters. The van der Waals surface area contributed by atoms with Gasteiger partial charge < -0.3 is 24.8 Å². The Bertz CT molecular complexity index is 1620. The van der Waals surface area contributed by atoms with Crippen LogP contribution in [-0.4, -0.2) is 56.3 Å². The number of aromatic nitrogens is 6. The fourth-order valence-electron chi connectivity index (χ4n) is 4.70. The number of nitrogens with one attached hydrogen (secondary N) is 3. The highest BCUT2D eigenvalue weighted by Gasteiger charge is 2.21. The molecule has 0 aliphatic carbocycles. The van der Waals surface area contributed by atoms with Gasteiger partial charge in [-0.15, -0.1) is 0 Å². The number of pyridine rings is 1. The van der Waals surface area contributed by atoms with Gasteiger partial charge in [0.1, 0.15) is 11.6 Å². The standard InChI is InChI=1S/C28H28FN9O/c1-3-4-19-16-25(36-35-19)32-24-17-26(38-13-11-37(12-14-38)20-7-9-30-10-8-20)34-28(33-24)39-23-6-5-22-21(27(23)29)15-18(2)31-22/h3-10,15-17,31H,11-14H2,1-2H3,(H2,32,33,34,35,36)/b4-3+. The van der Waals surface area contributed by atoms with E-state index in [0.29, 0.717) is 28.4 Å². The number of allylic oxidation sites excluding steroid dienone is 1. The van der Waals surface area contributed by atoms with Crippen molar-refractivity contribution < 1.29 is 9.13 Å². The number of aryl methyl sites for hydroxylation is 1. The molecule has 6 rings (SSSR count). The first-order valence-corrected chi connectivity index (χ1v) is 12.8. The second-order valence-electron chi connectivity index (χ2n) is 9.30. The molecule has 11 heteroatoms. The van der Waals surface area contributed by atoms with Crippen molar-refractivity contribution >= 4 is 40.1 Å². The second-order valence-corrected chi connectivity index (χ2v) is 9.30. The SMILES string of the molecule is C/C=C/c1cc(Nc2cc(N3CCN(c4ccncc4)CC3)nc(Oc3ccc4[nH]c(C)cc4c3F)n2)n[nH]1. The second kappa shape index (κ2) is 10.4.